The van der Waals surface area contributed by atoms with Crippen LogP contribution in [0.3, 0.4) is 0 Å². The average molecular weight is 406 g/mol. The number of carbonyl (C=O) groups excluding carboxylic acids is 1. The maximum absolute atomic E-state index is 13.0. The minimum Gasteiger partial charge on any atom is -0.335 e. The fourth-order valence-electron chi connectivity index (χ4n) is 3.92. The SMILES string of the molecule is O=C(C1CCCC1)N(Cc1nccn1Cc1ccc(Cl)cc1Cl)CC1CC1. The Hall–Kier alpha value is -1.52. The molecule has 2 aromatic rings. The number of carbonyl (C=O) groups is 1. The monoisotopic (exact) mass is 405 g/mol. The van der Waals surface area contributed by atoms with Crippen molar-refractivity contribution in [3.63, 3.8) is 0 Å². The normalized spacial score (nSPS) is 17.4. The fourth-order valence-corrected chi connectivity index (χ4v) is 4.38. The molecule has 2 fully saturated rings. The molecular formula is C21H25Cl2N3O. The lowest BCUT2D eigenvalue weighted by Gasteiger charge is -2.26. The predicted octanol–water partition coefficient (Wildman–Crippen LogP) is 5.17. The van der Waals surface area contributed by atoms with Crippen LogP contribution in [0.15, 0.2) is 30.6 Å². The molecule has 1 heterocycles. The van der Waals surface area contributed by atoms with Crippen LogP contribution in [0.2, 0.25) is 10.0 Å². The molecule has 144 valence electrons. The van der Waals surface area contributed by atoms with Gasteiger partial charge in [-0.2, -0.15) is 0 Å². The van der Waals surface area contributed by atoms with E-state index in [1.54, 1.807) is 12.3 Å². The maximum Gasteiger partial charge on any atom is 0.226 e. The standard InChI is InChI=1S/C21H25Cl2N3O/c22-18-8-7-17(19(23)11-18)13-25-10-9-24-20(25)14-26(12-15-5-6-15)21(27)16-3-1-2-4-16/h7-11,15-16H,1-6,12-14H2. The number of halogens is 2. The van der Waals surface area contributed by atoms with E-state index in [9.17, 15) is 4.79 Å². The minimum absolute atomic E-state index is 0.206. The van der Waals surface area contributed by atoms with Crippen molar-refractivity contribution in [2.24, 2.45) is 11.8 Å². The molecule has 0 unspecified atom stereocenters. The quantitative estimate of drug-likeness (QED) is 0.637. The van der Waals surface area contributed by atoms with E-state index in [1.165, 1.54) is 25.7 Å². The lowest BCUT2D eigenvalue weighted by atomic mass is 10.1. The third-order valence-corrected chi connectivity index (χ3v) is 6.27. The molecule has 0 saturated heterocycles. The first-order chi connectivity index (χ1) is 13.1. The van der Waals surface area contributed by atoms with Crippen LogP contribution in [0, 0.1) is 11.8 Å². The molecule has 0 aliphatic heterocycles. The first kappa shape index (κ1) is 18.8. The molecule has 2 saturated carbocycles. The highest BCUT2D eigenvalue weighted by atomic mass is 35.5. The molecule has 2 aliphatic carbocycles. The van der Waals surface area contributed by atoms with Gasteiger partial charge in [-0.1, -0.05) is 42.1 Å². The molecule has 0 N–H and O–H groups in total. The summed E-state index contributed by atoms with van der Waals surface area (Å²) in [6, 6.07) is 5.56. The third-order valence-electron chi connectivity index (χ3n) is 5.68. The molecule has 6 heteroatoms. The number of hydrogen-bond donors (Lipinski definition) is 0. The van der Waals surface area contributed by atoms with Crippen LogP contribution < -0.4 is 0 Å². The van der Waals surface area contributed by atoms with Gasteiger partial charge in [0, 0.05) is 34.9 Å². The maximum atomic E-state index is 13.0. The molecule has 0 radical (unpaired) electrons. The molecule has 1 amide bonds. The van der Waals surface area contributed by atoms with Crippen molar-refractivity contribution in [2.45, 2.75) is 51.6 Å². The van der Waals surface area contributed by atoms with E-state index in [0.717, 1.165) is 30.8 Å². The first-order valence-electron chi connectivity index (χ1n) is 9.83. The van der Waals surface area contributed by atoms with Crippen LogP contribution in [0.25, 0.3) is 0 Å². The van der Waals surface area contributed by atoms with Gasteiger partial charge >= 0.3 is 0 Å². The zero-order valence-electron chi connectivity index (χ0n) is 15.4. The van der Waals surface area contributed by atoms with Gasteiger partial charge in [-0.25, -0.2) is 4.98 Å². The van der Waals surface area contributed by atoms with Gasteiger partial charge < -0.3 is 9.47 Å². The largest absolute Gasteiger partial charge is 0.335 e. The number of aromatic nitrogens is 2. The lowest BCUT2D eigenvalue weighted by molar-refractivity contribution is -0.136. The molecular weight excluding hydrogens is 381 g/mol. The summed E-state index contributed by atoms with van der Waals surface area (Å²) in [6.07, 6.45) is 10.7. The van der Waals surface area contributed by atoms with Crippen LogP contribution in [0.4, 0.5) is 0 Å². The van der Waals surface area contributed by atoms with Crippen LogP contribution in [-0.2, 0) is 17.9 Å². The second-order valence-electron chi connectivity index (χ2n) is 7.85. The van der Waals surface area contributed by atoms with Crippen LogP contribution in [-0.4, -0.2) is 26.9 Å². The minimum atomic E-state index is 0.206. The zero-order valence-corrected chi connectivity index (χ0v) is 16.9. The molecule has 0 atom stereocenters. The summed E-state index contributed by atoms with van der Waals surface area (Å²) in [5, 5.41) is 1.28. The smallest absolute Gasteiger partial charge is 0.226 e. The fraction of sp³-hybridized carbons (Fsp3) is 0.524. The van der Waals surface area contributed by atoms with Crippen molar-refractivity contribution in [2.75, 3.05) is 6.54 Å². The Morgan fingerprint density at radius 1 is 1.19 bits per heavy atom. The second kappa shape index (κ2) is 8.24. The summed E-state index contributed by atoms with van der Waals surface area (Å²) in [5.41, 5.74) is 0.996. The van der Waals surface area contributed by atoms with Crippen molar-refractivity contribution in [3.05, 3.63) is 52.0 Å². The Balaban J connectivity index is 1.50. The number of imidazole rings is 1. The van der Waals surface area contributed by atoms with Gasteiger partial charge in [-0.05, 0) is 49.3 Å². The van der Waals surface area contributed by atoms with Crippen molar-refractivity contribution in [1.82, 2.24) is 14.5 Å². The van der Waals surface area contributed by atoms with E-state index in [4.69, 9.17) is 23.2 Å². The Morgan fingerprint density at radius 2 is 1.96 bits per heavy atom. The molecule has 0 spiro atoms. The average Bonchev–Trinajstić information content (AvgIpc) is 3.11. The summed E-state index contributed by atoms with van der Waals surface area (Å²) in [6.45, 7) is 2.06. The molecule has 1 aromatic carbocycles. The highest BCUT2D eigenvalue weighted by Crippen LogP contribution is 2.33. The van der Waals surface area contributed by atoms with Gasteiger partial charge in [0.05, 0.1) is 13.1 Å². The number of nitrogens with zero attached hydrogens (tertiary/aromatic N) is 3. The van der Waals surface area contributed by atoms with E-state index in [1.807, 2.05) is 18.3 Å². The number of amides is 1. The van der Waals surface area contributed by atoms with Crippen LogP contribution >= 0.6 is 23.2 Å². The number of benzene rings is 1. The summed E-state index contributed by atoms with van der Waals surface area (Å²) < 4.78 is 2.08. The predicted molar refractivity (Wildman–Crippen MR) is 108 cm³/mol. The van der Waals surface area contributed by atoms with E-state index in [-0.39, 0.29) is 5.92 Å². The van der Waals surface area contributed by atoms with E-state index in [2.05, 4.69) is 14.5 Å². The third kappa shape index (κ3) is 4.67. The molecule has 4 nitrogen and oxygen atoms in total. The Morgan fingerprint density at radius 3 is 2.67 bits per heavy atom. The Bertz CT molecular complexity index is 810. The molecule has 4 rings (SSSR count). The van der Waals surface area contributed by atoms with Crippen LogP contribution in [0.5, 0.6) is 0 Å². The summed E-state index contributed by atoms with van der Waals surface area (Å²) in [5.74, 6) is 2.11. The Labute approximate surface area is 170 Å². The molecule has 0 bridgehead atoms. The van der Waals surface area contributed by atoms with E-state index >= 15 is 0 Å². The molecule has 2 aliphatic rings. The molecule has 1 aromatic heterocycles. The van der Waals surface area contributed by atoms with Gasteiger partial charge in [0.15, 0.2) is 0 Å². The van der Waals surface area contributed by atoms with Gasteiger partial charge in [-0.15, -0.1) is 0 Å². The highest BCUT2D eigenvalue weighted by molar-refractivity contribution is 6.35. The van der Waals surface area contributed by atoms with Crippen molar-refractivity contribution >= 4 is 29.1 Å². The number of rotatable bonds is 7. The van der Waals surface area contributed by atoms with Gasteiger partial charge in [-0.3, -0.25) is 4.79 Å². The van der Waals surface area contributed by atoms with Gasteiger partial charge in [0.2, 0.25) is 5.91 Å². The Kier molecular flexibility index (Phi) is 5.74. The van der Waals surface area contributed by atoms with E-state index in [0.29, 0.717) is 35.0 Å². The van der Waals surface area contributed by atoms with Crippen molar-refractivity contribution in [3.8, 4) is 0 Å². The summed E-state index contributed by atoms with van der Waals surface area (Å²) >= 11 is 12.3. The molecule has 27 heavy (non-hydrogen) atoms. The number of hydrogen-bond acceptors (Lipinski definition) is 2. The lowest BCUT2D eigenvalue weighted by Crippen LogP contribution is -2.37. The summed E-state index contributed by atoms with van der Waals surface area (Å²) in [7, 11) is 0. The zero-order chi connectivity index (χ0) is 18.8. The van der Waals surface area contributed by atoms with Crippen LogP contribution in [0.1, 0.15) is 49.9 Å². The summed E-state index contributed by atoms with van der Waals surface area (Å²) in [4.78, 5) is 19.6. The van der Waals surface area contributed by atoms with Gasteiger partial charge in [0.25, 0.3) is 0 Å². The second-order valence-corrected chi connectivity index (χ2v) is 8.69. The van der Waals surface area contributed by atoms with Gasteiger partial charge in [0.1, 0.15) is 5.82 Å². The first-order valence-corrected chi connectivity index (χ1v) is 10.6. The highest BCUT2D eigenvalue weighted by Gasteiger charge is 2.32. The topological polar surface area (TPSA) is 38.1 Å². The van der Waals surface area contributed by atoms with E-state index < -0.39 is 0 Å². The van der Waals surface area contributed by atoms with Crippen molar-refractivity contribution < 1.29 is 4.79 Å². The van der Waals surface area contributed by atoms with Crippen molar-refractivity contribution in [1.29, 1.82) is 0 Å².